The van der Waals surface area contributed by atoms with Crippen molar-refractivity contribution in [3.05, 3.63) is 97.2 Å². The molecular weight excluding hydrogens is 512 g/mol. The topological polar surface area (TPSA) is 98.8 Å². The van der Waals surface area contributed by atoms with E-state index in [1.165, 1.54) is 24.1 Å². The second-order valence-electron chi connectivity index (χ2n) is 9.74. The number of benzene rings is 2. The van der Waals surface area contributed by atoms with Gasteiger partial charge in [0.15, 0.2) is 0 Å². The molecule has 0 radical (unpaired) electrons. The average molecular weight is 543 g/mol. The third-order valence-electron chi connectivity index (χ3n) is 7.08. The van der Waals surface area contributed by atoms with Gasteiger partial charge in [0.2, 0.25) is 0 Å². The van der Waals surface area contributed by atoms with Crippen molar-refractivity contribution >= 4 is 40.5 Å². The Labute approximate surface area is 231 Å². The molecule has 0 saturated heterocycles. The number of methoxy groups -OCH3 is 1. The van der Waals surface area contributed by atoms with Crippen LogP contribution in [0, 0.1) is 30.9 Å². The number of hydrogen-bond acceptors (Lipinski definition) is 6. The minimum absolute atomic E-state index is 0.0539. The van der Waals surface area contributed by atoms with E-state index in [0.29, 0.717) is 11.4 Å². The van der Waals surface area contributed by atoms with Crippen molar-refractivity contribution in [2.45, 2.75) is 46.5 Å². The molecular formula is C30H30N4O4S. The largest absolute Gasteiger partial charge is 0.494 e. The van der Waals surface area contributed by atoms with Gasteiger partial charge in [-0.1, -0.05) is 17.7 Å². The molecule has 0 spiro atoms. The Morgan fingerprint density at radius 3 is 2.56 bits per heavy atom. The van der Waals surface area contributed by atoms with Crippen LogP contribution in [0.2, 0.25) is 0 Å². The Morgan fingerprint density at radius 2 is 1.85 bits per heavy atom. The van der Waals surface area contributed by atoms with Crippen molar-refractivity contribution in [1.29, 1.82) is 0 Å². The van der Waals surface area contributed by atoms with E-state index in [1.807, 2.05) is 51.1 Å². The molecule has 1 N–H and O–H groups in total. The summed E-state index contributed by atoms with van der Waals surface area (Å²) in [5.41, 5.74) is 6.88. The first-order valence-electron chi connectivity index (χ1n) is 12.8. The summed E-state index contributed by atoms with van der Waals surface area (Å²) < 4.78 is 7.48. The molecule has 2 aromatic carbocycles. The van der Waals surface area contributed by atoms with Crippen molar-refractivity contribution in [2.75, 3.05) is 12.4 Å². The number of non-ortho nitro benzene ring substituents is 1. The molecule has 0 fully saturated rings. The molecule has 2 aromatic heterocycles. The van der Waals surface area contributed by atoms with Gasteiger partial charge in [0, 0.05) is 45.9 Å². The Hall–Kier alpha value is -4.24. The van der Waals surface area contributed by atoms with E-state index in [2.05, 4.69) is 14.9 Å². The number of nitrogens with zero attached hydrogens (tertiary/aromatic N) is 3. The fraction of sp³-hybridized carbons (Fsp3) is 0.267. The number of hydrogen-bond donors (Lipinski definition) is 1. The van der Waals surface area contributed by atoms with Gasteiger partial charge in [0.25, 0.3) is 11.6 Å². The minimum Gasteiger partial charge on any atom is -0.494 e. The van der Waals surface area contributed by atoms with Gasteiger partial charge in [-0.3, -0.25) is 19.9 Å². The first-order chi connectivity index (χ1) is 18.8. The lowest BCUT2D eigenvalue weighted by Gasteiger charge is -2.14. The van der Waals surface area contributed by atoms with Crippen LogP contribution in [-0.2, 0) is 12.8 Å². The van der Waals surface area contributed by atoms with E-state index in [-0.39, 0.29) is 11.6 Å². The van der Waals surface area contributed by atoms with Crippen molar-refractivity contribution in [1.82, 2.24) is 4.57 Å². The zero-order chi connectivity index (χ0) is 27.7. The lowest BCUT2D eigenvalue weighted by Crippen LogP contribution is -2.17. The summed E-state index contributed by atoms with van der Waals surface area (Å²) in [7, 11) is 1.51. The number of aromatic nitrogens is 1. The van der Waals surface area contributed by atoms with Gasteiger partial charge in [-0.05, 0) is 76.3 Å². The Morgan fingerprint density at radius 1 is 1.10 bits per heavy atom. The summed E-state index contributed by atoms with van der Waals surface area (Å²) in [6, 6.07) is 14.2. The predicted octanol–water partition coefficient (Wildman–Crippen LogP) is 7.26. The normalized spacial score (nSPS) is 12.9. The Bertz CT molecular complexity index is 1600. The highest BCUT2D eigenvalue weighted by atomic mass is 32.1. The van der Waals surface area contributed by atoms with Crippen molar-refractivity contribution < 1.29 is 14.5 Å². The van der Waals surface area contributed by atoms with Crippen molar-refractivity contribution in [3.8, 4) is 10.8 Å². The van der Waals surface area contributed by atoms with E-state index in [4.69, 9.17) is 4.74 Å². The fourth-order valence-corrected chi connectivity index (χ4v) is 6.53. The first kappa shape index (κ1) is 26.4. The molecule has 1 aliphatic rings. The third-order valence-corrected chi connectivity index (χ3v) is 8.36. The Kier molecular flexibility index (Phi) is 7.34. The molecule has 2 heterocycles. The molecule has 9 heteroatoms. The van der Waals surface area contributed by atoms with Crippen LogP contribution in [-0.4, -0.2) is 28.7 Å². The zero-order valence-corrected chi connectivity index (χ0v) is 23.2. The van der Waals surface area contributed by atoms with E-state index >= 15 is 0 Å². The number of aryl methyl sites for hydroxylation is 3. The number of aliphatic imine (C=N–C) groups is 1. The smallest absolute Gasteiger partial charge is 0.271 e. The van der Waals surface area contributed by atoms with Gasteiger partial charge < -0.3 is 14.6 Å². The molecule has 0 bridgehead atoms. The second-order valence-corrected chi connectivity index (χ2v) is 10.8. The number of carbonyl (C=O) groups excluding carboxylic acids is 1. The third kappa shape index (κ3) is 5.22. The van der Waals surface area contributed by atoms with Crippen LogP contribution >= 0.6 is 11.3 Å². The molecule has 4 aromatic rings. The molecule has 1 aliphatic carbocycles. The molecule has 200 valence electrons. The fourth-order valence-electron chi connectivity index (χ4n) is 5.04. The monoisotopic (exact) mass is 542 g/mol. The predicted molar refractivity (Wildman–Crippen MR) is 156 cm³/mol. The number of nitrogens with one attached hydrogen (secondary N) is 1. The van der Waals surface area contributed by atoms with Gasteiger partial charge in [0.05, 0.1) is 17.6 Å². The van der Waals surface area contributed by atoms with Crippen molar-refractivity contribution in [3.63, 3.8) is 0 Å². The van der Waals surface area contributed by atoms with Crippen LogP contribution in [0.4, 0.5) is 17.1 Å². The number of nitro groups is 1. The molecule has 1 amide bonds. The van der Waals surface area contributed by atoms with E-state index in [1.54, 1.807) is 23.6 Å². The summed E-state index contributed by atoms with van der Waals surface area (Å²) in [5.74, 6) is 0.351. The summed E-state index contributed by atoms with van der Waals surface area (Å²) >= 11 is 1.69. The van der Waals surface area contributed by atoms with Crippen LogP contribution < -0.4 is 10.1 Å². The molecule has 0 saturated carbocycles. The highest BCUT2D eigenvalue weighted by Gasteiger charge is 2.28. The minimum atomic E-state index is -0.452. The van der Waals surface area contributed by atoms with E-state index in [9.17, 15) is 14.9 Å². The summed E-state index contributed by atoms with van der Waals surface area (Å²) in [5, 5.41) is 15.3. The molecule has 8 nitrogen and oxygen atoms in total. The van der Waals surface area contributed by atoms with Crippen LogP contribution in [0.15, 0.2) is 53.5 Å². The summed E-state index contributed by atoms with van der Waals surface area (Å²) in [4.78, 5) is 30.3. The first-order valence-corrected chi connectivity index (χ1v) is 13.7. The van der Waals surface area contributed by atoms with E-state index in [0.717, 1.165) is 70.0 Å². The maximum absolute atomic E-state index is 13.7. The number of anilines is 1. The zero-order valence-electron chi connectivity index (χ0n) is 22.4. The molecule has 39 heavy (non-hydrogen) atoms. The number of amides is 1. The number of ether oxygens (including phenoxy) is 1. The number of rotatable bonds is 7. The van der Waals surface area contributed by atoms with Crippen LogP contribution in [0.25, 0.3) is 5.00 Å². The number of carbonyl (C=O) groups is 1. The van der Waals surface area contributed by atoms with Gasteiger partial charge in [-0.25, -0.2) is 0 Å². The number of thiophene rings is 1. The van der Waals surface area contributed by atoms with E-state index < -0.39 is 4.92 Å². The lowest BCUT2D eigenvalue weighted by molar-refractivity contribution is -0.384. The Balaban J connectivity index is 1.55. The highest BCUT2D eigenvalue weighted by Crippen LogP contribution is 2.39. The van der Waals surface area contributed by atoms with Gasteiger partial charge >= 0.3 is 0 Å². The number of nitro benzene ring substituents is 1. The maximum atomic E-state index is 13.7. The van der Waals surface area contributed by atoms with Crippen molar-refractivity contribution in [2.24, 2.45) is 4.99 Å². The van der Waals surface area contributed by atoms with Crippen LogP contribution in [0.1, 0.15) is 56.2 Å². The SMILES string of the molecule is COc1ccc([N+](=O)[O-])cc1N=Cc1cc(C)n(-c2sc3c(c2C(=O)Nc2ccc(C)cc2)CCCC3)c1C. The average Bonchev–Trinajstić information content (AvgIpc) is 3.44. The molecule has 0 aliphatic heterocycles. The maximum Gasteiger partial charge on any atom is 0.271 e. The molecule has 0 atom stereocenters. The molecule has 0 unspecified atom stereocenters. The van der Waals surface area contributed by atoms with Gasteiger partial charge in [-0.2, -0.15) is 0 Å². The summed E-state index contributed by atoms with van der Waals surface area (Å²) in [6.45, 7) is 6.03. The lowest BCUT2D eigenvalue weighted by atomic mass is 9.95. The summed E-state index contributed by atoms with van der Waals surface area (Å²) in [6.07, 6.45) is 5.76. The second kappa shape index (κ2) is 10.9. The highest BCUT2D eigenvalue weighted by molar-refractivity contribution is 7.15. The standard InChI is InChI=1S/C30H30N4O4S/c1-18-9-11-22(12-10-18)32-29(35)28-24-7-5-6-8-27(24)39-30(28)33-19(2)15-21(20(33)3)17-31-25-16-23(34(36)37)13-14-26(25)38-4/h9-17H,5-8H2,1-4H3,(H,32,35). The van der Waals surface area contributed by atoms with Crippen LogP contribution in [0.5, 0.6) is 5.75 Å². The molecule has 5 rings (SSSR count). The van der Waals surface area contributed by atoms with Gasteiger partial charge in [0.1, 0.15) is 16.4 Å². The number of fused-ring (bicyclic) bond motifs is 1. The van der Waals surface area contributed by atoms with Gasteiger partial charge in [-0.15, -0.1) is 11.3 Å². The van der Waals surface area contributed by atoms with Crippen LogP contribution in [0.3, 0.4) is 0 Å². The quantitative estimate of drug-likeness (QED) is 0.151.